The van der Waals surface area contributed by atoms with Crippen LogP contribution in [0.1, 0.15) is 0 Å². The number of nitrogens with one attached hydrogen (secondary N) is 1. The van der Waals surface area contributed by atoms with Gasteiger partial charge < -0.3 is 0 Å². The van der Waals surface area contributed by atoms with Crippen molar-refractivity contribution in [2.75, 3.05) is 6.26 Å². The molecule has 1 rings (SSSR count). The lowest BCUT2D eigenvalue weighted by Gasteiger charge is -2.02. The fraction of sp³-hybridized carbons (Fsp3) is 0.143. The topological polar surface area (TPSA) is 78.2 Å². The van der Waals surface area contributed by atoms with E-state index in [4.69, 9.17) is 10.3 Å². The predicted molar refractivity (Wildman–Crippen MR) is 50.8 cm³/mol. The van der Waals surface area contributed by atoms with Gasteiger partial charge in [-0.3, -0.25) is 10.3 Å². The number of thioether (sulfide) groups is 1. The molecule has 13 heavy (non-hydrogen) atoms. The Morgan fingerprint density at radius 3 is 2.54 bits per heavy atom. The second kappa shape index (κ2) is 3.57. The van der Waals surface area contributed by atoms with Crippen LogP contribution in [0.15, 0.2) is 28.0 Å². The van der Waals surface area contributed by atoms with Crippen molar-refractivity contribution in [2.45, 2.75) is 9.79 Å². The zero-order chi connectivity index (χ0) is 10.1. The molecule has 0 atom stereocenters. The van der Waals surface area contributed by atoms with Crippen LogP contribution < -0.4 is 5.73 Å². The maximum atomic E-state index is 10.7. The van der Waals surface area contributed by atoms with Crippen LogP contribution in [-0.2, 0) is 10.1 Å². The van der Waals surface area contributed by atoms with Crippen LogP contribution in [0.5, 0.6) is 0 Å². The highest BCUT2D eigenvalue weighted by Gasteiger charge is 2.14. The van der Waals surface area contributed by atoms with E-state index in [1.165, 1.54) is 23.9 Å². The van der Waals surface area contributed by atoms with E-state index >= 15 is 0 Å². The van der Waals surface area contributed by atoms with Crippen LogP contribution >= 0.6 is 11.8 Å². The minimum Gasteiger partial charge on any atom is -0.299 e. The van der Waals surface area contributed by atoms with Crippen LogP contribution in [0.2, 0.25) is 0 Å². The monoisotopic (exact) mass is 218 g/mol. The second-order valence-electron chi connectivity index (χ2n) is 2.34. The molecule has 1 aromatic rings. The molecular formula is C7H8NO3S2. The Morgan fingerprint density at radius 2 is 2.08 bits per heavy atom. The van der Waals surface area contributed by atoms with E-state index in [1.54, 1.807) is 12.3 Å². The molecule has 4 nitrogen and oxygen atoms in total. The summed E-state index contributed by atoms with van der Waals surface area (Å²) in [5.74, 6) is 0. The van der Waals surface area contributed by atoms with E-state index in [9.17, 15) is 8.42 Å². The van der Waals surface area contributed by atoms with Crippen LogP contribution in [-0.4, -0.2) is 19.2 Å². The maximum Gasteiger partial charge on any atom is 0.296 e. The Bertz CT molecular complexity index is 414. The molecule has 0 bridgehead atoms. The van der Waals surface area contributed by atoms with E-state index in [0.717, 1.165) is 0 Å². The average Bonchev–Trinajstić information content (AvgIpc) is 2.03. The SMILES string of the molecule is CSc1ccc([NH])c(S(=O)(=O)O)c1. The van der Waals surface area contributed by atoms with E-state index in [2.05, 4.69) is 0 Å². The van der Waals surface area contributed by atoms with Gasteiger partial charge in [0.25, 0.3) is 10.1 Å². The quantitative estimate of drug-likeness (QED) is 0.603. The van der Waals surface area contributed by atoms with Crippen molar-refractivity contribution in [1.82, 2.24) is 5.73 Å². The highest BCUT2D eigenvalue weighted by atomic mass is 32.2. The lowest BCUT2D eigenvalue weighted by Crippen LogP contribution is -1.99. The summed E-state index contributed by atoms with van der Waals surface area (Å²) in [6.07, 6.45) is 1.78. The van der Waals surface area contributed by atoms with Gasteiger partial charge in [0.15, 0.2) is 0 Å². The molecule has 2 N–H and O–H groups in total. The molecule has 0 spiro atoms. The van der Waals surface area contributed by atoms with Crippen molar-refractivity contribution in [3.05, 3.63) is 18.2 Å². The fourth-order valence-corrected chi connectivity index (χ4v) is 1.98. The Labute approximate surface area is 80.9 Å². The molecular weight excluding hydrogens is 210 g/mol. The molecule has 0 aliphatic rings. The average molecular weight is 218 g/mol. The molecule has 0 aliphatic heterocycles. The molecule has 0 saturated heterocycles. The molecule has 0 saturated carbocycles. The van der Waals surface area contributed by atoms with Gasteiger partial charge >= 0.3 is 0 Å². The standard InChI is InChI=1S/C7H8NO3S2/c1-12-5-2-3-6(8)7(4-5)13(9,10)11/h2-4,8H,1H3,(H,9,10,11). The summed E-state index contributed by atoms with van der Waals surface area (Å²) in [5, 5.41) is 0. The first kappa shape index (κ1) is 10.4. The third-order valence-corrected chi connectivity index (χ3v) is 3.09. The number of hydrogen-bond acceptors (Lipinski definition) is 3. The van der Waals surface area contributed by atoms with Gasteiger partial charge in [-0.25, -0.2) is 0 Å². The number of benzene rings is 1. The van der Waals surface area contributed by atoms with Gasteiger partial charge in [0.2, 0.25) is 0 Å². The Balaban J connectivity index is 3.36. The Hall–Kier alpha value is -0.720. The molecule has 0 amide bonds. The Morgan fingerprint density at radius 1 is 1.46 bits per heavy atom. The summed E-state index contributed by atoms with van der Waals surface area (Å²) in [4.78, 5) is 0.350. The second-order valence-corrected chi connectivity index (χ2v) is 4.61. The summed E-state index contributed by atoms with van der Waals surface area (Å²) in [5.41, 5.74) is 7.06. The van der Waals surface area contributed by atoms with Gasteiger partial charge in [-0.15, -0.1) is 11.8 Å². The van der Waals surface area contributed by atoms with Crippen molar-refractivity contribution in [3.8, 4) is 0 Å². The summed E-state index contributed by atoms with van der Waals surface area (Å²) in [6.45, 7) is 0. The lowest BCUT2D eigenvalue weighted by atomic mass is 10.3. The van der Waals surface area contributed by atoms with Crippen LogP contribution in [0.3, 0.4) is 0 Å². The zero-order valence-corrected chi connectivity index (χ0v) is 8.45. The molecule has 1 radical (unpaired) electrons. The van der Waals surface area contributed by atoms with E-state index in [-0.39, 0.29) is 10.6 Å². The maximum absolute atomic E-state index is 10.7. The summed E-state index contributed by atoms with van der Waals surface area (Å²) in [6, 6.07) is 4.25. The lowest BCUT2D eigenvalue weighted by molar-refractivity contribution is 0.483. The molecule has 6 heteroatoms. The van der Waals surface area contributed by atoms with Crippen molar-refractivity contribution in [2.24, 2.45) is 0 Å². The van der Waals surface area contributed by atoms with Gasteiger partial charge in [-0.1, -0.05) is 0 Å². The molecule has 0 aromatic heterocycles. The van der Waals surface area contributed by atoms with Crippen molar-refractivity contribution < 1.29 is 13.0 Å². The van der Waals surface area contributed by atoms with Crippen LogP contribution in [0.25, 0.3) is 0 Å². The molecule has 0 unspecified atom stereocenters. The fourth-order valence-electron chi connectivity index (χ4n) is 0.843. The van der Waals surface area contributed by atoms with Gasteiger partial charge in [0, 0.05) is 4.90 Å². The van der Waals surface area contributed by atoms with Crippen LogP contribution in [0.4, 0.5) is 5.69 Å². The minimum absolute atomic E-state index is 0.194. The number of rotatable bonds is 2. The highest BCUT2D eigenvalue weighted by Crippen LogP contribution is 2.25. The summed E-state index contributed by atoms with van der Waals surface area (Å²) < 4.78 is 30.2. The minimum atomic E-state index is -4.27. The largest absolute Gasteiger partial charge is 0.299 e. The number of hydrogen-bond donors (Lipinski definition) is 1. The highest BCUT2D eigenvalue weighted by molar-refractivity contribution is 7.98. The van der Waals surface area contributed by atoms with Gasteiger partial charge in [0.05, 0.1) is 5.69 Å². The van der Waals surface area contributed by atoms with Crippen molar-refractivity contribution in [3.63, 3.8) is 0 Å². The van der Waals surface area contributed by atoms with Crippen LogP contribution in [0, 0.1) is 0 Å². The van der Waals surface area contributed by atoms with Gasteiger partial charge in [0.1, 0.15) is 4.90 Å². The molecule has 0 aliphatic carbocycles. The Kier molecular flexibility index (Phi) is 2.84. The third-order valence-electron chi connectivity index (χ3n) is 1.47. The zero-order valence-electron chi connectivity index (χ0n) is 6.81. The smallest absolute Gasteiger partial charge is 0.296 e. The summed E-state index contributed by atoms with van der Waals surface area (Å²) in [7, 11) is -4.27. The molecule has 1 aromatic carbocycles. The van der Waals surface area contributed by atoms with Crippen molar-refractivity contribution in [1.29, 1.82) is 0 Å². The van der Waals surface area contributed by atoms with E-state index < -0.39 is 10.1 Å². The van der Waals surface area contributed by atoms with E-state index in [1.807, 2.05) is 0 Å². The first-order valence-corrected chi connectivity index (χ1v) is 5.99. The first-order valence-electron chi connectivity index (χ1n) is 3.32. The first-order chi connectivity index (χ1) is 5.95. The van der Waals surface area contributed by atoms with Gasteiger partial charge in [-0.2, -0.15) is 8.42 Å². The molecule has 0 heterocycles. The molecule has 71 valence electrons. The normalized spacial score (nSPS) is 11.5. The van der Waals surface area contributed by atoms with E-state index in [0.29, 0.717) is 4.90 Å². The summed E-state index contributed by atoms with van der Waals surface area (Å²) >= 11 is 1.35. The van der Waals surface area contributed by atoms with Gasteiger partial charge in [-0.05, 0) is 24.5 Å². The third kappa shape index (κ3) is 2.36. The molecule has 0 fully saturated rings. The van der Waals surface area contributed by atoms with Crippen molar-refractivity contribution >= 4 is 27.6 Å². The predicted octanol–water partition coefficient (Wildman–Crippen LogP) is 1.57.